The van der Waals surface area contributed by atoms with Crippen LogP contribution in [0.25, 0.3) is 0 Å². The quantitative estimate of drug-likeness (QED) is 0.922. The third kappa shape index (κ3) is 3.88. The van der Waals surface area contributed by atoms with E-state index in [4.69, 9.17) is 0 Å². The van der Waals surface area contributed by atoms with Crippen molar-refractivity contribution in [3.05, 3.63) is 66.0 Å². The topological polar surface area (TPSA) is 48.5 Å². The van der Waals surface area contributed by atoms with Gasteiger partial charge < -0.3 is 10.2 Å². The Morgan fingerprint density at radius 2 is 1.96 bits per heavy atom. The van der Waals surface area contributed by atoms with Gasteiger partial charge in [0.15, 0.2) is 0 Å². The molecule has 3 heterocycles. The Kier molecular flexibility index (Phi) is 5.16. The van der Waals surface area contributed by atoms with E-state index in [1.165, 1.54) is 24.9 Å². The summed E-state index contributed by atoms with van der Waals surface area (Å²) in [5.41, 5.74) is 2.10. The number of benzene rings is 1. The highest BCUT2D eigenvalue weighted by molar-refractivity contribution is 5.75. The fraction of sp³-hybridized carbons (Fsp3) is 0.429. The molecule has 2 unspecified atom stereocenters. The lowest BCUT2D eigenvalue weighted by Crippen LogP contribution is -2.55. The molecular weight excluding hydrogens is 324 g/mol. The van der Waals surface area contributed by atoms with Gasteiger partial charge in [-0.25, -0.2) is 4.79 Å². The number of rotatable bonds is 4. The van der Waals surface area contributed by atoms with Crippen molar-refractivity contribution < 1.29 is 4.79 Å². The monoisotopic (exact) mass is 350 g/mol. The lowest BCUT2D eigenvalue weighted by atomic mass is 10.0. The van der Waals surface area contributed by atoms with Gasteiger partial charge in [0.1, 0.15) is 0 Å². The molecule has 1 aromatic carbocycles. The first-order valence-corrected chi connectivity index (χ1v) is 9.54. The molecule has 2 aliphatic heterocycles. The Morgan fingerprint density at radius 3 is 2.77 bits per heavy atom. The Labute approximate surface area is 155 Å². The van der Waals surface area contributed by atoms with E-state index in [9.17, 15) is 4.79 Å². The molecule has 2 aliphatic rings. The zero-order valence-electron chi connectivity index (χ0n) is 15.1. The van der Waals surface area contributed by atoms with Crippen LogP contribution < -0.4 is 5.32 Å². The van der Waals surface area contributed by atoms with E-state index in [1.807, 2.05) is 41.3 Å². The zero-order chi connectivity index (χ0) is 17.8. The molecule has 26 heavy (non-hydrogen) atoms. The standard InChI is InChI=1S/C21H26N4O/c26-21(25-14-13-24-12-6-9-18(24)16-25)23-20(19-10-4-5-11-22-19)15-17-7-2-1-3-8-17/h1-5,7-8,10-11,18,20H,6,9,12-16H2,(H,23,26). The van der Waals surface area contributed by atoms with E-state index < -0.39 is 0 Å². The summed E-state index contributed by atoms with van der Waals surface area (Å²) in [5.74, 6) is 0. The maximum Gasteiger partial charge on any atom is 0.318 e. The second-order valence-corrected chi connectivity index (χ2v) is 7.22. The second-order valence-electron chi connectivity index (χ2n) is 7.22. The van der Waals surface area contributed by atoms with Crippen molar-refractivity contribution in [2.75, 3.05) is 26.2 Å². The molecule has 2 saturated heterocycles. The Morgan fingerprint density at radius 1 is 1.12 bits per heavy atom. The molecule has 0 spiro atoms. The largest absolute Gasteiger partial charge is 0.329 e. The van der Waals surface area contributed by atoms with Gasteiger partial charge in [0.2, 0.25) is 0 Å². The van der Waals surface area contributed by atoms with Crippen LogP contribution in [0.5, 0.6) is 0 Å². The van der Waals surface area contributed by atoms with Crippen molar-refractivity contribution in [3.8, 4) is 0 Å². The smallest absolute Gasteiger partial charge is 0.318 e. The molecular formula is C21H26N4O. The molecule has 0 radical (unpaired) electrons. The van der Waals surface area contributed by atoms with Gasteiger partial charge in [-0.15, -0.1) is 0 Å². The average Bonchev–Trinajstić information content (AvgIpc) is 3.17. The normalized spacial score (nSPS) is 21.2. The minimum atomic E-state index is -0.118. The van der Waals surface area contributed by atoms with Crippen LogP contribution in [0.2, 0.25) is 0 Å². The van der Waals surface area contributed by atoms with Gasteiger partial charge in [-0.1, -0.05) is 36.4 Å². The van der Waals surface area contributed by atoms with E-state index in [1.54, 1.807) is 6.20 Å². The maximum atomic E-state index is 12.9. The van der Waals surface area contributed by atoms with E-state index in [0.29, 0.717) is 6.04 Å². The molecule has 5 heteroatoms. The number of hydrogen-bond donors (Lipinski definition) is 1. The number of carbonyl (C=O) groups excluding carboxylic acids is 1. The molecule has 4 rings (SSSR count). The van der Waals surface area contributed by atoms with Crippen molar-refractivity contribution in [1.29, 1.82) is 0 Å². The molecule has 5 nitrogen and oxygen atoms in total. The second kappa shape index (κ2) is 7.87. The minimum Gasteiger partial charge on any atom is -0.329 e. The number of amides is 2. The van der Waals surface area contributed by atoms with Gasteiger partial charge in [0.05, 0.1) is 11.7 Å². The molecule has 0 saturated carbocycles. The number of aromatic nitrogens is 1. The lowest BCUT2D eigenvalue weighted by Gasteiger charge is -2.38. The molecule has 2 fully saturated rings. The van der Waals surface area contributed by atoms with Crippen molar-refractivity contribution in [2.45, 2.75) is 31.3 Å². The predicted molar refractivity (Wildman–Crippen MR) is 102 cm³/mol. The third-order valence-corrected chi connectivity index (χ3v) is 5.50. The van der Waals surface area contributed by atoms with E-state index >= 15 is 0 Å². The fourth-order valence-electron chi connectivity index (χ4n) is 4.08. The number of nitrogens with one attached hydrogen (secondary N) is 1. The summed E-state index contributed by atoms with van der Waals surface area (Å²) in [6, 6.07) is 16.6. The van der Waals surface area contributed by atoms with Crippen LogP contribution in [-0.2, 0) is 6.42 Å². The lowest BCUT2D eigenvalue weighted by molar-refractivity contribution is 0.115. The highest BCUT2D eigenvalue weighted by atomic mass is 16.2. The van der Waals surface area contributed by atoms with E-state index in [2.05, 4.69) is 27.3 Å². The minimum absolute atomic E-state index is 0.0307. The van der Waals surface area contributed by atoms with Gasteiger partial charge in [0.25, 0.3) is 0 Å². The Hall–Kier alpha value is -2.40. The number of fused-ring (bicyclic) bond motifs is 1. The zero-order valence-corrected chi connectivity index (χ0v) is 15.1. The SMILES string of the molecule is O=C(NC(Cc1ccccc1)c1ccccn1)N1CCN2CCCC2C1. The first kappa shape index (κ1) is 17.0. The highest BCUT2D eigenvalue weighted by Crippen LogP contribution is 2.22. The highest BCUT2D eigenvalue weighted by Gasteiger charge is 2.33. The third-order valence-electron chi connectivity index (χ3n) is 5.50. The summed E-state index contributed by atoms with van der Waals surface area (Å²) in [7, 11) is 0. The van der Waals surface area contributed by atoms with Gasteiger partial charge in [-0.05, 0) is 43.5 Å². The molecule has 0 bridgehead atoms. The van der Waals surface area contributed by atoms with Crippen LogP contribution in [0.1, 0.15) is 30.1 Å². The average molecular weight is 350 g/mol. The van der Waals surface area contributed by atoms with Crippen LogP contribution in [0.15, 0.2) is 54.7 Å². The summed E-state index contributed by atoms with van der Waals surface area (Å²) in [5, 5.41) is 3.24. The number of urea groups is 1. The number of hydrogen-bond acceptors (Lipinski definition) is 3. The molecule has 2 aromatic rings. The van der Waals surface area contributed by atoms with Crippen molar-refractivity contribution in [1.82, 2.24) is 20.1 Å². The van der Waals surface area contributed by atoms with Crippen LogP contribution in [-0.4, -0.2) is 53.0 Å². The van der Waals surface area contributed by atoms with Crippen LogP contribution in [0, 0.1) is 0 Å². The summed E-state index contributed by atoms with van der Waals surface area (Å²) in [6.45, 7) is 3.82. The number of pyridine rings is 1. The molecule has 1 N–H and O–H groups in total. The molecule has 136 valence electrons. The molecule has 1 aromatic heterocycles. The van der Waals surface area contributed by atoms with Gasteiger partial charge in [-0.3, -0.25) is 9.88 Å². The summed E-state index contributed by atoms with van der Waals surface area (Å²) >= 11 is 0. The van der Waals surface area contributed by atoms with Crippen molar-refractivity contribution >= 4 is 6.03 Å². The predicted octanol–water partition coefficient (Wildman–Crippen LogP) is 2.86. The molecule has 2 atom stereocenters. The molecule has 2 amide bonds. The van der Waals surface area contributed by atoms with E-state index in [-0.39, 0.29) is 12.1 Å². The van der Waals surface area contributed by atoms with Crippen LogP contribution in [0.3, 0.4) is 0 Å². The maximum absolute atomic E-state index is 12.9. The Bertz CT molecular complexity index is 721. The first-order valence-electron chi connectivity index (χ1n) is 9.54. The van der Waals surface area contributed by atoms with Gasteiger partial charge in [-0.2, -0.15) is 0 Å². The number of piperazine rings is 1. The van der Waals surface area contributed by atoms with Gasteiger partial charge in [0, 0.05) is 31.9 Å². The summed E-state index contributed by atoms with van der Waals surface area (Å²) < 4.78 is 0. The van der Waals surface area contributed by atoms with Crippen molar-refractivity contribution in [2.24, 2.45) is 0 Å². The number of nitrogens with zero attached hydrogens (tertiary/aromatic N) is 3. The van der Waals surface area contributed by atoms with Gasteiger partial charge >= 0.3 is 6.03 Å². The van der Waals surface area contributed by atoms with Crippen LogP contribution in [0.4, 0.5) is 4.79 Å². The first-order chi connectivity index (χ1) is 12.8. The molecule has 0 aliphatic carbocycles. The number of carbonyl (C=O) groups is 1. The summed E-state index contributed by atoms with van der Waals surface area (Å²) in [4.78, 5) is 21.9. The summed E-state index contributed by atoms with van der Waals surface area (Å²) in [6.07, 6.45) is 4.99. The Balaban J connectivity index is 1.46. The van der Waals surface area contributed by atoms with Crippen molar-refractivity contribution in [3.63, 3.8) is 0 Å². The van der Waals surface area contributed by atoms with Crippen LogP contribution >= 0.6 is 0 Å². The van der Waals surface area contributed by atoms with E-state index in [0.717, 1.165) is 31.7 Å². The fourth-order valence-corrected chi connectivity index (χ4v) is 4.08.